The smallest absolute Gasteiger partial charge is 0.156 e. The number of furan rings is 1. The molecule has 0 atom stereocenters. The molecule has 3 heterocycles. The van der Waals surface area contributed by atoms with E-state index in [1.807, 2.05) is 24.3 Å². The van der Waals surface area contributed by atoms with E-state index in [-0.39, 0.29) is 11.0 Å². The minimum Gasteiger partial charge on any atom is -0.463 e. The fraction of sp³-hybridized carbons (Fsp3) is 0.450. The van der Waals surface area contributed by atoms with E-state index in [4.69, 9.17) is 9.40 Å². The molecule has 128 valence electrons. The van der Waals surface area contributed by atoms with Crippen molar-refractivity contribution in [1.29, 1.82) is 0 Å². The summed E-state index contributed by atoms with van der Waals surface area (Å²) in [6.07, 6.45) is 2.73. The Hall–Kier alpha value is -2.23. The number of rotatable bonds is 4. The van der Waals surface area contributed by atoms with Crippen molar-refractivity contribution in [3.8, 4) is 11.5 Å². The predicted molar refractivity (Wildman–Crippen MR) is 99.4 cm³/mol. The molecule has 3 aromatic heterocycles. The van der Waals surface area contributed by atoms with Crippen LogP contribution in [0.2, 0.25) is 0 Å². The quantitative estimate of drug-likeness (QED) is 0.686. The third-order valence-electron chi connectivity index (χ3n) is 4.02. The number of hydrogen-bond acceptors (Lipinski definition) is 3. The standard InChI is InChI=1S/C20H27N3O/c1-14-9-7-11-16-21-17(15-10-8-12-24-15)18(23(14)16)22-20(5,6)13-19(2,3)4/h7-12,22H,13H2,1-6H3. The topological polar surface area (TPSA) is 42.5 Å². The van der Waals surface area contributed by atoms with Crippen LogP contribution < -0.4 is 5.32 Å². The van der Waals surface area contributed by atoms with Gasteiger partial charge in [0.1, 0.15) is 17.2 Å². The second kappa shape index (κ2) is 5.69. The summed E-state index contributed by atoms with van der Waals surface area (Å²) in [5.41, 5.74) is 3.09. The maximum Gasteiger partial charge on any atom is 0.156 e. The Kier molecular flexibility index (Phi) is 3.94. The summed E-state index contributed by atoms with van der Waals surface area (Å²) < 4.78 is 7.80. The molecule has 1 N–H and O–H groups in total. The molecule has 0 aliphatic carbocycles. The summed E-state index contributed by atoms with van der Waals surface area (Å²) >= 11 is 0. The van der Waals surface area contributed by atoms with Crippen LogP contribution in [0.25, 0.3) is 17.1 Å². The Morgan fingerprint density at radius 2 is 1.83 bits per heavy atom. The number of nitrogens with zero attached hydrogens (tertiary/aromatic N) is 2. The number of pyridine rings is 1. The maximum atomic E-state index is 5.63. The van der Waals surface area contributed by atoms with E-state index < -0.39 is 0 Å². The van der Waals surface area contributed by atoms with Gasteiger partial charge in [0.2, 0.25) is 0 Å². The van der Waals surface area contributed by atoms with Crippen LogP contribution in [0.4, 0.5) is 5.82 Å². The lowest BCUT2D eigenvalue weighted by atomic mass is 9.82. The van der Waals surface area contributed by atoms with E-state index in [1.165, 1.54) is 0 Å². The molecule has 0 fully saturated rings. The first kappa shape index (κ1) is 16.6. The first-order valence-corrected chi connectivity index (χ1v) is 8.46. The average molecular weight is 325 g/mol. The van der Waals surface area contributed by atoms with Crippen LogP contribution in [0.15, 0.2) is 41.0 Å². The molecule has 4 heteroatoms. The Morgan fingerprint density at radius 3 is 2.46 bits per heavy atom. The van der Waals surface area contributed by atoms with Crippen LogP contribution in [-0.4, -0.2) is 14.9 Å². The highest BCUT2D eigenvalue weighted by atomic mass is 16.3. The SMILES string of the molecule is Cc1cccc2nc(-c3ccco3)c(NC(C)(C)CC(C)(C)C)n12. The molecule has 0 amide bonds. The van der Waals surface area contributed by atoms with Crippen molar-refractivity contribution in [1.82, 2.24) is 9.38 Å². The molecule has 24 heavy (non-hydrogen) atoms. The number of nitrogens with one attached hydrogen (secondary N) is 1. The number of aromatic nitrogens is 2. The van der Waals surface area contributed by atoms with Gasteiger partial charge in [-0.15, -0.1) is 0 Å². The summed E-state index contributed by atoms with van der Waals surface area (Å²) in [7, 11) is 0. The first-order valence-electron chi connectivity index (χ1n) is 8.46. The van der Waals surface area contributed by atoms with Gasteiger partial charge in [-0.3, -0.25) is 4.40 Å². The van der Waals surface area contributed by atoms with Crippen molar-refractivity contribution in [2.45, 2.75) is 53.5 Å². The van der Waals surface area contributed by atoms with E-state index in [2.05, 4.69) is 57.3 Å². The largest absolute Gasteiger partial charge is 0.463 e. The number of imidazole rings is 1. The van der Waals surface area contributed by atoms with Crippen molar-refractivity contribution >= 4 is 11.5 Å². The first-order chi connectivity index (χ1) is 11.2. The van der Waals surface area contributed by atoms with Crippen LogP contribution in [0.5, 0.6) is 0 Å². The van der Waals surface area contributed by atoms with Crippen molar-refractivity contribution in [3.63, 3.8) is 0 Å². The third-order valence-corrected chi connectivity index (χ3v) is 4.02. The summed E-state index contributed by atoms with van der Waals surface area (Å²) in [6.45, 7) is 13.4. The second-order valence-corrected chi connectivity index (χ2v) is 8.39. The zero-order valence-electron chi connectivity index (χ0n) is 15.5. The lowest BCUT2D eigenvalue weighted by molar-refractivity contribution is 0.302. The van der Waals surface area contributed by atoms with Crippen molar-refractivity contribution in [3.05, 3.63) is 42.3 Å². The molecule has 0 saturated heterocycles. The normalized spacial score (nSPS) is 12.8. The molecule has 0 saturated carbocycles. The third kappa shape index (κ3) is 3.32. The van der Waals surface area contributed by atoms with Gasteiger partial charge in [0.25, 0.3) is 0 Å². The molecule has 0 unspecified atom stereocenters. The van der Waals surface area contributed by atoms with Gasteiger partial charge in [0.15, 0.2) is 5.76 Å². The van der Waals surface area contributed by atoms with Gasteiger partial charge in [0.05, 0.1) is 6.26 Å². The van der Waals surface area contributed by atoms with Crippen LogP contribution in [-0.2, 0) is 0 Å². The lowest BCUT2D eigenvalue weighted by Gasteiger charge is -2.34. The van der Waals surface area contributed by atoms with Crippen molar-refractivity contribution < 1.29 is 4.42 Å². The molecule has 4 nitrogen and oxygen atoms in total. The van der Waals surface area contributed by atoms with Gasteiger partial charge < -0.3 is 9.73 Å². The minimum atomic E-state index is -0.0716. The number of fused-ring (bicyclic) bond motifs is 1. The van der Waals surface area contributed by atoms with Gasteiger partial charge in [-0.1, -0.05) is 26.8 Å². The Balaban J connectivity index is 2.13. The van der Waals surface area contributed by atoms with Crippen molar-refractivity contribution in [2.75, 3.05) is 5.32 Å². The van der Waals surface area contributed by atoms with E-state index >= 15 is 0 Å². The van der Waals surface area contributed by atoms with Crippen molar-refractivity contribution in [2.24, 2.45) is 5.41 Å². The highest BCUT2D eigenvalue weighted by Crippen LogP contribution is 2.35. The Labute approximate surface area is 143 Å². The highest BCUT2D eigenvalue weighted by molar-refractivity contribution is 5.74. The molecule has 0 aliphatic rings. The summed E-state index contributed by atoms with van der Waals surface area (Å²) in [6, 6.07) is 10.0. The van der Waals surface area contributed by atoms with E-state index in [1.54, 1.807) is 6.26 Å². The number of aryl methyl sites for hydroxylation is 1. The molecule has 0 aromatic carbocycles. The van der Waals surface area contributed by atoms with E-state index in [0.29, 0.717) is 0 Å². The monoisotopic (exact) mass is 325 g/mol. The minimum absolute atomic E-state index is 0.0716. The number of hydrogen-bond donors (Lipinski definition) is 1. The van der Waals surface area contributed by atoms with Gasteiger partial charge in [-0.25, -0.2) is 4.98 Å². The van der Waals surface area contributed by atoms with Gasteiger partial charge in [-0.05, 0) is 56.9 Å². The summed E-state index contributed by atoms with van der Waals surface area (Å²) in [4.78, 5) is 4.80. The molecular weight excluding hydrogens is 298 g/mol. The molecular formula is C20H27N3O. The second-order valence-electron chi connectivity index (χ2n) is 8.39. The van der Waals surface area contributed by atoms with Crippen LogP contribution in [0, 0.1) is 12.3 Å². The van der Waals surface area contributed by atoms with E-state index in [0.717, 1.165) is 35.0 Å². The summed E-state index contributed by atoms with van der Waals surface area (Å²) in [5.74, 6) is 1.78. The van der Waals surface area contributed by atoms with Crippen LogP contribution in [0.3, 0.4) is 0 Å². The summed E-state index contributed by atoms with van der Waals surface area (Å²) in [5, 5.41) is 3.74. The Morgan fingerprint density at radius 1 is 1.08 bits per heavy atom. The van der Waals surface area contributed by atoms with Gasteiger partial charge >= 0.3 is 0 Å². The molecule has 3 aromatic rings. The molecule has 0 aliphatic heterocycles. The maximum absolute atomic E-state index is 5.63. The fourth-order valence-electron chi connectivity index (χ4n) is 3.65. The zero-order chi connectivity index (χ0) is 17.5. The Bertz CT molecular complexity index is 836. The van der Waals surface area contributed by atoms with E-state index in [9.17, 15) is 0 Å². The number of anilines is 1. The van der Waals surface area contributed by atoms with Crippen LogP contribution in [0.1, 0.15) is 46.7 Å². The fourth-order valence-corrected chi connectivity index (χ4v) is 3.65. The van der Waals surface area contributed by atoms with Gasteiger partial charge in [0, 0.05) is 11.2 Å². The molecule has 3 rings (SSSR count). The molecule has 0 bridgehead atoms. The lowest BCUT2D eigenvalue weighted by Crippen LogP contribution is -2.36. The zero-order valence-corrected chi connectivity index (χ0v) is 15.5. The van der Waals surface area contributed by atoms with Gasteiger partial charge in [-0.2, -0.15) is 0 Å². The average Bonchev–Trinajstić information content (AvgIpc) is 3.03. The highest BCUT2D eigenvalue weighted by Gasteiger charge is 2.28. The predicted octanol–water partition coefficient (Wildman–Crippen LogP) is 5.53. The molecule has 0 spiro atoms. The molecule has 0 radical (unpaired) electrons. The van der Waals surface area contributed by atoms with Crippen LogP contribution >= 0.6 is 0 Å².